The Kier molecular flexibility index (Phi) is 3.62. The standard InChI is InChI=1S/C5H12N2O4S/c1-4(2)7(3-5(8)9)12(6,10)11/h4H,3H2,1-2H3,(H,8,9)(H2,6,10,11). The summed E-state index contributed by atoms with van der Waals surface area (Å²) in [6, 6.07) is -0.448. The van der Waals surface area contributed by atoms with E-state index >= 15 is 0 Å². The largest absolute Gasteiger partial charge is 0.480 e. The van der Waals surface area contributed by atoms with Gasteiger partial charge in [0.05, 0.1) is 0 Å². The van der Waals surface area contributed by atoms with Gasteiger partial charge in [-0.15, -0.1) is 0 Å². The minimum absolute atomic E-state index is 0.448. The van der Waals surface area contributed by atoms with E-state index in [4.69, 9.17) is 10.2 Å². The maximum Gasteiger partial charge on any atom is 0.318 e. The van der Waals surface area contributed by atoms with Crippen molar-refractivity contribution >= 4 is 16.2 Å². The molecule has 0 rings (SSSR count). The van der Waals surface area contributed by atoms with Crippen LogP contribution in [0.1, 0.15) is 13.8 Å². The summed E-state index contributed by atoms with van der Waals surface area (Å²) in [5, 5.41) is 13.1. The van der Waals surface area contributed by atoms with E-state index in [-0.39, 0.29) is 0 Å². The molecule has 72 valence electrons. The first-order valence-corrected chi connectivity index (χ1v) is 4.77. The van der Waals surface area contributed by atoms with Crippen LogP contribution in [-0.4, -0.2) is 36.4 Å². The Bertz CT molecular complexity index is 259. The molecule has 0 unspecified atom stereocenters. The first-order chi connectivity index (χ1) is 5.25. The number of carboxylic acid groups (broad SMARTS) is 1. The fourth-order valence-corrected chi connectivity index (χ4v) is 1.58. The van der Waals surface area contributed by atoms with Crippen LogP contribution in [0.25, 0.3) is 0 Å². The van der Waals surface area contributed by atoms with Crippen molar-refractivity contribution in [1.29, 1.82) is 0 Å². The van der Waals surface area contributed by atoms with E-state index in [9.17, 15) is 13.2 Å². The van der Waals surface area contributed by atoms with E-state index < -0.39 is 28.8 Å². The van der Waals surface area contributed by atoms with Gasteiger partial charge in [0.15, 0.2) is 0 Å². The SMILES string of the molecule is CC(C)N(CC(=O)O)S(N)(=O)=O. The van der Waals surface area contributed by atoms with Crippen molar-refractivity contribution in [3.8, 4) is 0 Å². The number of carboxylic acids is 1. The second-order valence-electron chi connectivity index (χ2n) is 2.58. The fraction of sp³-hybridized carbons (Fsp3) is 0.800. The Hall–Kier alpha value is -0.660. The van der Waals surface area contributed by atoms with Gasteiger partial charge in [0.25, 0.3) is 10.2 Å². The highest BCUT2D eigenvalue weighted by molar-refractivity contribution is 7.86. The maximum absolute atomic E-state index is 10.7. The van der Waals surface area contributed by atoms with Gasteiger partial charge < -0.3 is 5.11 Å². The van der Waals surface area contributed by atoms with Crippen LogP contribution in [0.2, 0.25) is 0 Å². The molecule has 0 saturated carbocycles. The van der Waals surface area contributed by atoms with Gasteiger partial charge in [-0.1, -0.05) is 0 Å². The van der Waals surface area contributed by atoms with Crippen LogP contribution in [-0.2, 0) is 15.0 Å². The molecule has 0 heterocycles. The predicted octanol–water partition coefficient (Wildman–Crippen LogP) is -1.02. The van der Waals surface area contributed by atoms with Crippen molar-refractivity contribution in [1.82, 2.24) is 4.31 Å². The summed E-state index contributed by atoms with van der Waals surface area (Å²) in [5.74, 6) is -1.22. The zero-order valence-corrected chi connectivity index (χ0v) is 7.71. The molecule has 0 aliphatic carbocycles. The van der Waals surface area contributed by atoms with Crippen LogP contribution in [0.5, 0.6) is 0 Å². The Balaban J connectivity index is 4.58. The lowest BCUT2D eigenvalue weighted by atomic mass is 10.4. The third kappa shape index (κ3) is 3.65. The van der Waals surface area contributed by atoms with Gasteiger partial charge in [0.1, 0.15) is 6.54 Å². The molecule has 0 aromatic heterocycles. The maximum atomic E-state index is 10.7. The number of carbonyl (C=O) groups is 1. The minimum atomic E-state index is -3.91. The first kappa shape index (κ1) is 11.3. The van der Waals surface area contributed by atoms with Gasteiger partial charge in [-0.25, -0.2) is 5.14 Å². The van der Waals surface area contributed by atoms with Gasteiger partial charge in [0.2, 0.25) is 0 Å². The first-order valence-electron chi connectivity index (χ1n) is 3.26. The van der Waals surface area contributed by atoms with Gasteiger partial charge in [0, 0.05) is 6.04 Å². The van der Waals surface area contributed by atoms with Crippen LogP contribution in [0, 0.1) is 0 Å². The van der Waals surface area contributed by atoms with Crippen molar-refractivity contribution in [3.63, 3.8) is 0 Å². The number of nitrogens with zero attached hydrogens (tertiary/aromatic N) is 1. The molecular weight excluding hydrogens is 184 g/mol. The lowest BCUT2D eigenvalue weighted by Gasteiger charge is -2.20. The Labute approximate surface area is 71.2 Å². The third-order valence-corrected chi connectivity index (χ3v) is 2.40. The second-order valence-corrected chi connectivity index (χ2v) is 4.08. The molecule has 0 spiro atoms. The molecule has 0 saturated heterocycles. The van der Waals surface area contributed by atoms with E-state index in [1.54, 1.807) is 13.8 Å². The molecule has 3 N–H and O–H groups in total. The zero-order chi connectivity index (χ0) is 9.94. The van der Waals surface area contributed by atoms with E-state index in [1.807, 2.05) is 0 Å². The zero-order valence-electron chi connectivity index (χ0n) is 6.89. The lowest BCUT2D eigenvalue weighted by molar-refractivity contribution is -0.137. The second kappa shape index (κ2) is 3.83. The van der Waals surface area contributed by atoms with Crippen LogP contribution in [0.15, 0.2) is 0 Å². The number of aliphatic carboxylic acids is 1. The van der Waals surface area contributed by atoms with Crippen LogP contribution >= 0.6 is 0 Å². The molecule has 6 nitrogen and oxygen atoms in total. The van der Waals surface area contributed by atoms with Crippen LogP contribution < -0.4 is 5.14 Å². The molecule has 0 amide bonds. The highest BCUT2D eigenvalue weighted by atomic mass is 32.2. The smallest absolute Gasteiger partial charge is 0.318 e. The summed E-state index contributed by atoms with van der Waals surface area (Å²) in [6.45, 7) is 2.50. The van der Waals surface area contributed by atoms with E-state index in [0.29, 0.717) is 4.31 Å². The molecule has 0 aliphatic heterocycles. The number of nitrogens with two attached hydrogens (primary N) is 1. The van der Waals surface area contributed by atoms with E-state index in [0.717, 1.165) is 0 Å². The predicted molar refractivity (Wildman–Crippen MR) is 42.6 cm³/mol. The van der Waals surface area contributed by atoms with Crippen LogP contribution in [0.3, 0.4) is 0 Å². The van der Waals surface area contributed by atoms with Crippen molar-refractivity contribution < 1.29 is 18.3 Å². The van der Waals surface area contributed by atoms with Gasteiger partial charge in [-0.3, -0.25) is 4.79 Å². The molecule has 0 fully saturated rings. The quantitative estimate of drug-likeness (QED) is 0.601. The Morgan fingerprint density at radius 3 is 2.08 bits per heavy atom. The van der Waals surface area contributed by atoms with Gasteiger partial charge in [-0.2, -0.15) is 12.7 Å². The Morgan fingerprint density at radius 1 is 1.58 bits per heavy atom. The minimum Gasteiger partial charge on any atom is -0.480 e. The summed E-state index contributed by atoms with van der Waals surface area (Å²) in [6.07, 6.45) is 0. The number of hydrogen-bond donors (Lipinski definition) is 2. The van der Waals surface area contributed by atoms with Crippen LogP contribution in [0.4, 0.5) is 0 Å². The summed E-state index contributed by atoms with van der Waals surface area (Å²) in [7, 11) is -3.91. The van der Waals surface area contributed by atoms with Crippen molar-refractivity contribution in [2.45, 2.75) is 19.9 Å². The summed E-state index contributed by atoms with van der Waals surface area (Å²) in [4.78, 5) is 10.2. The third-order valence-electron chi connectivity index (χ3n) is 1.19. The number of rotatable bonds is 4. The van der Waals surface area contributed by atoms with E-state index in [2.05, 4.69) is 0 Å². The molecule has 0 aromatic rings. The molecular formula is C5H12N2O4S. The number of hydrogen-bond acceptors (Lipinski definition) is 3. The fourth-order valence-electron chi connectivity index (χ4n) is 0.700. The highest BCUT2D eigenvalue weighted by Gasteiger charge is 2.22. The normalized spacial score (nSPS) is 12.4. The monoisotopic (exact) mass is 196 g/mol. The molecule has 7 heteroatoms. The lowest BCUT2D eigenvalue weighted by Crippen LogP contribution is -2.44. The average molecular weight is 196 g/mol. The van der Waals surface area contributed by atoms with Gasteiger partial charge >= 0.3 is 5.97 Å². The molecule has 0 aromatic carbocycles. The summed E-state index contributed by atoms with van der Waals surface area (Å²) < 4.78 is 22.2. The molecule has 0 aliphatic rings. The molecule has 0 radical (unpaired) electrons. The molecule has 12 heavy (non-hydrogen) atoms. The molecule has 0 bridgehead atoms. The van der Waals surface area contributed by atoms with Crippen molar-refractivity contribution in [2.75, 3.05) is 6.54 Å². The van der Waals surface area contributed by atoms with E-state index in [1.165, 1.54) is 0 Å². The van der Waals surface area contributed by atoms with Crippen molar-refractivity contribution in [3.05, 3.63) is 0 Å². The Morgan fingerprint density at radius 2 is 2.00 bits per heavy atom. The van der Waals surface area contributed by atoms with Gasteiger partial charge in [-0.05, 0) is 13.8 Å². The average Bonchev–Trinajstić information content (AvgIpc) is 1.79. The van der Waals surface area contributed by atoms with Crippen molar-refractivity contribution in [2.24, 2.45) is 5.14 Å². The topological polar surface area (TPSA) is 101 Å². The summed E-state index contributed by atoms with van der Waals surface area (Å²) >= 11 is 0. The highest BCUT2D eigenvalue weighted by Crippen LogP contribution is 2.01. The summed E-state index contributed by atoms with van der Waals surface area (Å²) in [5.41, 5.74) is 0. The molecule has 0 atom stereocenters.